The number of hydrogen-bond donors (Lipinski definition) is 2. The molecule has 1 aliphatic heterocycles. The fourth-order valence-corrected chi connectivity index (χ4v) is 4.38. The Hall–Kier alpha value is -3.37. The molecule has 2 aromatic carbocycles. The summed E-state index contributed by atoms with van der Waals surface area (Å²) in [6.45, 7) is 2.70. The number of rotatable bonds is 5. The Morgan fingerprint density at radius 2 is 1.79 bits per heavy atom. The van der Waals surface area contributed by atoms with E-state index in [1.54, 1.807) is 42.3 Å². The lowest BCUT2D eigenvalue weighted by Gasteiger charge is -2.35. The lowest BCUT2D eigenvalue weighted by Crippen LogP contribution is -2.48. The Labute approximate surface area is 211 Å². The molecule has 3 aromatic rings. The number of anilines is 2. The number of piperazine rings is 1. The smallest absolute Gasteiger partial charge is 0.289 e. The Bertz CT molecular complexity index is 1180. The Morgan fingerprint density at radius 1 is 1.06 bits per heavy atom. The van der Waals surface area contributed by atoms with Gasteiger partial charge in [0.15, 0.2) is 10.9 Å². The molecule has 1 aromatic heterocycles. The summed E-state index contributed by atoms with van der Waals surface area (Å²) >= 11 is 8.66. The van der Waals surface area contributed by atoms with E-state index in [0.29, 0.717) is 34.6 Å². The number of nitrogens with zero attached hydrogens (tertiary/aromatic N) is 2. The number of carbonyl (C=O) groups excluding carboxylic acids is 2. The third kappa shape index (κ3) is 5.57. The second-order valence-corrected chi connectivity index (χ2v) is 8.82. The van der Waals surface area contributed by atoms with Crippen molar-refractivity contribution in [3.8, 4) is 5.75 Å². The molecule has 2 N–H and O–H groups in total. The second kappa shape index (κ2) is 10.7. The Morgan fingerprint density at radius 3 is 2.41 bits per heavy atom. The lowest BCUT2D eigenvalue weighted by molar-refractivity contribution is 0.0714. The molecule has 2 amide bonds. The highest BCUT2D eigenvalue weighted by atomic mass is 79.9. The van der Waals surface area contributed by atoms with Gasteiger partial charge < -0.3 is 24.3 Å². The first-order valence-electron chi connectivity index (χ1n) is 10.6. The fraction of sp³-hybridized carbons (Fsp3) is 0.208. The molecule has 0 saturated carbocycles. The first-order valence-corrected chi connectivity index (χ1v) is 11.8. The van der Waals surface area contributed by atoms with Crippen LogP contribution in [0.1, 0.15) is 20.9 Å². The Kier molecular flexibility index (Phi) is 7.49. The number of carbonyl (C=O) groups is 2. The molecule has 2 heterocycles. The summed E-state index contributed by atoms with van der Waals surface area (Å²) in [5.74, 6) is 0.607. The molecule has 0 bridgehead atoms. The highest BCUT2D eigenvalue weighted by molar-refractivity contribution is 9.10. The van der Waals surface area contributed by atoms with Crippen molar-refractivity contribution in [2.24, 2.45) is 0 Å². The summed E-state index contributed by atoms with van der Waals surface area (Å²) < 4.78 is 11.1. The molecule has 1 saturated heterocycles. The van der Waals surface area contributed by atoms with Crippen molar-refractivity contribution in [3.63, 3.8) is 0 Å². The van der Waals surface area contributed by atoms with E-state index < -0.39 is 0 Å². The van der Waals surface area contributed by atoms with Gasteiger partial charge in [0.25, 0.3) is 11.8 Å². The van der Waals surface area contributed by atoms with E-state index in [2.05, 4.69) is 31.5 Å². The molecule has 10 heteroatoms. The second-order valence-electron chi connectivity index (χ2n) is 7.56. The van der Waals surface area contributed by atoms with Crippen molar-refractivity contribution in [2.75, 3.05) is 43.5 Å². The third-order valence-corrected chi connectivity index (χ3v) is 6.25. The number of hydrogen-bond acceptors (Lipinski definition) is 6. The molecule has 1 aliphatic rings. The molecule has 34 heavy (non-hydrogen) atoms. The van der Waals surface area contributed by atoms with E-state index in [1.165, 1.54) is 6.26 Å². The van der Waals surface area contributed by atoms with Crippen LogP contribution in [0.25, 0.3) is 0 Å². The van der Waals surface area contributed by atoms with Gasteiger partial charge in [-0.2, -0.15) is 0 Å². The summed E-state index contributed by atoms with van der Waals surface area (Å²) in [4.78, 5) is 28.9. The highest BCUT2D eigenvalue weighted by Gasteiger charge is 2.23. The summed E-state index contributed by atoms with van der Waals surface area (Å²) in [5, 5.41) is 5.91. The van der Waals surface area contributed by atoms with Gasteiger partial charge in [-0.15, -0.1) is 0 Å². The van der Waals surface area contributed by atoms with Gasteiger partial charge >= 0.3 is 0 Å². The van der Waals surface area contributed by atoms with E-state index >= 15 is 0 Å². The molecule has 8 nitrogen and oxygen atoms in total. The number of methoxy groups -OCH3 is 1. The van der Waals surface area contributed by atoms with Crippen LogP contribution < -0.4 is 20.3 Å². The van der Waals surface area contributed by atoms with Gasteiger partial charge in [0.05, 0.1) is 17.8 Å². The first-order chi connectivity index (χ1) is 16.4. The van der Waals surface area contributed by atoms with E-state index in [-0.39, 0.29) is 16.9 Å². The number of halogens is 1. The number of furan rings is 1. The van der Waals surface area contributed by atoms with Crippen molar-refractivity contribution in [2.45, 2.75) is 0 Å². The van der Waals surface area contributed by atoms with Crippen molar-refractivity contribution in [1.82, 2.24) is 10.2 Å². The molecule has 1 fully saturated rings. The SMILES string of the molecule is COc1ccc(C(=O)NC(=S)Nc2ccc(N3CCN(C(=O)c4ccco4)CC3)cc2)cc1Br. The number of thiocarbonyl (C=S) groups is 1. The largest absolute Gasteiger partial charge is 0.496 e. The molecule has 0 aliphatic carbocycles. The van der Waals surface area contributed by atoms with E-state index in [4.69, 9.17) is 21.4 Å². The zero-order valence-corrected chi connectivity index (χ0v) is 20.8. The number of ether oxygens (including phenoxy) is 1. The fourth-order valence-electron chi connectivity index (χ4n) is 3.62. The van der Waals surface area contributed by atoms with Crippen LogP contribution in [0, 0.1) is 0 Å². The van der Waals surface area contributed by atoms with E-state index in [0.717, 1.165) is 24.5 Å². The van der Waals surface area contributed by atoms with E-state index in [9.17, 15) is 9.59 Å². The van der Waals surface area contributed by atoms with Gasteiger partial charge in [-0.25, -0.2) is 0 Å². The van der Waals surface area contributed by atoms with Crippen LogP contribution in [0.15, 0.2) is 69.8 Å². The minimum Gasteiger partial charge on any atom is -0.496 e. The zero-order valence-electron chi connectivity index (χ0n) is 18.4. The normalized spacial score (nSPS) is 13.4. The molecule has 4 rings (SSSR count). The van der Waals surface area contributed by atoms with E-state index in [1.807, 2.05) is 24.3 Å². The van der Waals surface area contributed by atoms with Gasteiger partial charge in [0.2, 0.25) is 0 Å². The molecule has 0 atom stereocenters. The molecule has 0 spiro atoms. The molecule has 0 unspecified atom stereocenters. The first kappa shape index (κ1) is 23.8. The van der Waals surface area contributed by atoms with Gasteiger partial charge in [0, 0.05) is 43.1 Å². The summed E-state index contributed by atoms with van der Waals surface area (Å²) in [6.07, 6.45) is 1.51. The van der Waals surface area contributed by atoms with Gasteiger partial charge in [0.1, 0.15) is 5.75 Å². The minimum absolute atomic E-state index is 0.0817. The summed E-state index contributed by atoms with van der Waals surface area (Å²) in [6, 6.07) is 16.2. The van der Waals surface area contributed by atoms with Crippen LogP contribution in [0.2, 0.25) is 0 Å². The Balaban J connectivity index is 1.28. The van der Waals surface area contributed by atoms with Gasteiger partial charge in [-0.05, 0) is 82.7 Å². The van der Waals surface area contributed by atoms with Crippen LogP contribution in [0.5, 0.6) is 5.75 Å². The highest BCUT2D eigenvalue weighted by Crippen LogP contribution is 2.25. The maximum absolute atomic E-state index is 12.5. The maximum Gasteiger partial charge on any atom is 0.289 e. The predicted octanol–water partition coefficient (Wildman–Crippen LogP) is 4.14. The molecule has 0 radical (unpaired) electrons. The van der Waals surface area contributed by atoms with Crippen molar-refractivity contribution >= 4 is 56.4 Å². The zero-order chi connectivity index (χ0) is 24.1. The lowest BCUT2D eigenvalue weighted by atomic mass is 10.2. The minimum atomic E-state index is -0.320. The molecular weight excluding hydrogens is 520 g/mol. The van der Waals surface area contributed by atoms with Crippen molar-refractivity contribution in [3.05, 3.63) is 76.7 Å². The monoisotopic (exact) mass is 542 g/mol. The quantitative estimate of drug-likeness (QED) is 0.468. The van der Waals surface area contributed by atoms with Crippen LogP contribution in [0.3, 0.4) is 0 Å². The summed E-state index contributed by atoms with van der Waals surface area (Å²) in [5.41, 5.74) is 2.27. The van der Waals surface area contributed by atoms with Crippen molar-refractivity contribution < 1.29 is 18.7 Å². The molecular formula is C24H23BrN4O4S. The van der Waals surface area contributed by atoms with Gasteiger partial charge in [-0.1, -0.05) is 0 Å². The van der Waals surface area contributed by atoms with Crippen molar-refractivity contribution in [1.29, 1.82) is 0 Å². The van der Waals surface area contributed by atoms with Crippen LogP contribution in [-0.4, -0.2) is 55.1 Å². The summed E-state index contributed by atoms with van der Waals surface area (Å²) in [7, 11) is 1.56. The average molecular weight is 543 g/mol. The van der Waals surface area contributed by atoms with Crippen LogP contribution in [-0.2, 0) is 0 Å². The standard InChI is InChI=1S/C24H23BrN4O4S/c1-32-20-9-4-16(15-19(20)25)22(30)27-24(34)26-17-5-7-18(8-6-17)28-10-12-29(13-11-28)23(31)21-3-2-14-33-21/h2-9,14-15H,10-13H2,1H3,(H2,26,27,30,34). The van der Waals surface area contributed by atoms with Crippen LogP contribution >= 0.6 is 28.1 Å². The predicted molar refractivity (Wildman–Crippen MR) is 138 cm³/mol. The van der Waals surface area contributed by atoms with Crippen LogP contribution in [0.4, 0.5) is 11.4 Å². The molecule has 176 valence electrons. The number of nitrogens with one attached hydrogen (secondary N) is 2. The number of benzene rings is 2. The average Bonchev–Trinajstić information content (AvgIpc) is 3.39. The third-order valence-electron chi connectivity index (χ3n) is 5.43. The number of amides is 2. The van der Waals surface area contributed by atoms with Gasteiger partial charge in [-0.3, -0.25) is 14.9 Å². The maximum atomic E-state index is 12.5. The topological polar surface area (TPSA) is 87.0 Å².